The number of anilines is 1. The minimum absolute atomic E-state index is 0.108. The Morgan fingerprint density at radius 3 is 2.29 bits per heavy atom. The molecule has 4 saturated carbocycles. The fraction of sp³-hybridized carbons (Fsp3) is 0.556. The van der Waals surface area contributed by atoms with E-state index in [0.717, 1.165) is 42.7 Å². The number of thiocarbonyl (C=S) groups is 1. The van der Waals surface area contributed by atoms with Crippen molar-refractivity contribution in [2.75, 3.05) is 5.32 Å². The van der Waals surface area contributed by atoms with Gasteiger partial charge in [-0.1, -0.05) is 17.7 Å². The summed E-state index contributed by atoms with van der Waals surface area (Å²) in [6, 6.07) is 7.32. The molecule has 0 aromatic heterocycles. The van der Waals surface area contributed by atoms with Crippen LogP contribution in [0, 0.1) is 23.2 Å². The van der Waals surface area contributed by atoms with Crippen molar-refractivity contribution in [3.63, 3.8) is 0 Å². The fourth-order valence-corrected chi connectivity index (χ4v) is 5.72. The van der Waals surface area contributed by atoms with Gasteiger partial charge in [0.15, 0.2) is 5.11 Å². The van der Waals surface area contributed by atoms with Crippen LogP contribution in [-0.2, 0) is 4.79 Å². The average Bonchev–Trinajstić information content (AvgIpc) is 2.51. The Hall–Kier alpha value is -1.33. The molecule has 0 heterocycles. The first-order valence-corrected chi connectivity index (χ1v) is 9.44. The molecule has 0 saturated heterocycles. The van der Waals surface area contributed by atoms with Crippen molar-refractivity contribution in [3.8, 4) is 0 Å². The van der Waals surface area contributed by atoms with Crippen LogP contribution in [0.25, 0.3) is 0 Å². The van der Waals surface area contributed by atoms with Crippen molar-refractivity contribution in [3.05, 3.63) is 29.3 Å². The maximum absolute atomic E-state index is 12.8. The van der Waals surface area contributed by atoms with Crippen LogP contribution in [0.3, 0.4) is 0 Å². The maximum atomic E-state index is 12.8. The van der Waals surface area contributed by atoms with Gasteiger partial charge in [-0.15, -0.1) is 0 Å². The molecule has 128 valence electrons. The van der Waals surface area contributed by atoms with Crippen LogP contribution in [0.2, 0.25) is 5.02 Å². The van der Waals surface area contributed by atoms with Gasteiger partial charge in [0.25, 0.3) is 0 Å². The van der Waals surface area contributed by atoms with E-state index in [2.05, 4.69) is 16.2 Å². The van der Waals surface area contributed by atoms with E-state index in [1.54, 1.807) is 12.1 Å². The molecule has 4 nitrogen and oxygen atoms in total. The largest absolute Gasteiger partial charge is 0.331 e. The second-order valence-corrected chi connectivity index (χ2v) is 8.59. The van der Waals surface area contributed by atoms with Gasteiger partial charge in [0.2, 0.25) is 5.91 Å². The van der Waals surface area contributed by atoms with E-state index < -0.39 is 0 Å². The lowest BCUT2D eigenvalue weighted by Crippen LogP contribution is -2.57. The van der Waals surface area contributed by atoms with Crippen molar-refractivity contribution in [2.45, 2.75) is 38.5 Å². The third kappa shape index (κ3) is 3.11. The Balaban J connectivity index is 1.34. The molecule has 5 rings (SSSR count). The number of hydrazine groups is 1. The molecule has 6 heteroatoms. The van der Waals surface area contributed by atoms with Crippen molar-refractivity contribution in [1.29, 1.82) is 0 Å². The Bertz CT molecular complexity index is 643. The Labute approximate surface area is 152 Å². The van der Waals surface area contributed by atoms with Crippen molar-refractivity contribution >= 4 is 40.5 Å². The average molecular weight is 364 g/mol. The quantitative estimate of drug-likeness (QED) is 0.551. The smallest absolute Gasteiger partial charge is 0.244 e. The van der Waals surface area contributed by atoms with Gasteiger partial charge in [-0.2, -0.15) is 0 Å². The number of rotatable bonds is 2. The first-order valence-electron chi connectivity index (χ1n) is 8.65. The summed E-state index contributed by atoms with van der Waals surface area (Å²) in [6.45, 7) is 0. The Kier molecular flexibility index (Phi) is 4.17. The first kappa shape index (κ1) is 16.2. The fourth-order valence-electron chi connectivity index (χ4n) is 5.36. The molecule has 3 N–H and O–H groups in total. The lowest BCUT2D eigenvalue weighted by Gasteiger charge is -2.55. The van der Waals surface area contributed by atoms with Crippen LogP contribution in [0.1, 0.15) is 38.5 Å². The van der Waals surface area contributed by atoms with E-state index in [1.807, 2.05) is 12.1 Å². The Morgan fingerprint density at radius 2 is 1.71 bits per heavy atom. The van der Waals surface area contributed by atoms with E-state index in [9.17, 15) is 4.79 Å². The summed E-state index contributed by atoms with van der Waals surface area (Å²) in [4.78, 5) is 12.8. The van der Waals surface area contributed by atoms with Gasteiger partial charge >= 0.3 is 0 Å². The summed E-state index contributed by atoms with van der Waals surface area (Å²) in [5.74, 6) is 2.35. The molecule has 4 fully saturated rings. The van der Waals surface area contributed by atoms with Crippen LogP contribution >= 0.6 is 23.8 Å². The summed E-state index contributed by atoms with van der Waals surface area (Å²) in [7, 11) is 0. The van der Waals surface area contributed by atoms with E-state index in [1.165, 1.54) is 19.3 Å². The molecule has 0 radical (unpaired) electrons. The van der Waals surface area contributed by atoms with Crippen molar-refractivity contribution < 1.29 is 4.79 Å². The van der Waals surface area contributed by atoms with Crippen LogP contribution in [0.4, 0.5) is 5.69 Å². The number of hydrogen-bond donors (Lipinski definition) is 3. The maximum Gasteiger partial charge on any atom is 0.244 e. The highest BCUT2D eigenvalue weighted by molar-refractivity contribution is 7.80. The third-order valence-corrected chi connectivity index (χ3v) is 6.33. The van der Waals surface area contributed by atoms with E-state index in [0.29, 0.717) is 10.1 Å². The molecule has 1 amide bonds. The van der Waals surface area contributed by atoms with Gasteiger partial charge in [-0.3, -0.25) is 15.6 Å². The molecular weight excluding hydrogens is 342 g/mol. The van der Waals surface area contributed by atoms with Gasteiger partial charge in [0.1, 0.15) is 0 Å². The SMILES string of the molecule is O=C(NNC(=S)Nc1cccc(Cl)c1)C12CC3CC(CC(C3)C1)C2. The third-order valence-electron chi connectivity index (χ3n) is 5.89. The second-order valence-electron chi connectivity index (χ2n) is 7.74. The second kappa shape index (κ2) is 6.19. The molecule has 0 aliphatic heterocycles. The first-order chi connectivity index (χ1) is 11.5. The van der Waals surface area contributed by atoms with Crippen LogP contribution < -0.4 is 16.2 Å². The number of benzene rings is 1. The lowest BCUT2D eigenvalue weighted by atomic mass is 9.49. The Morgan fingerprint density at radius 1 is 1.08 bits per heavy atom. The minimum Gasteiger partial charge on any atom is -0.331 e. The molecule has 4 aliphatic carbocycles. The number of carbonyl (C=O) groups is 1. The zero-order valence-electron chi connectivity index (χ0n) is 13.5. The molecular formula is C18H22ClN3OS. The van der Waals surface area contributed by atoms with E-state index in [4.69, 9.17) is 23.8 Å². The lowest BCUT2D eigenvalue weighted by molar-refractivity contribution is -0.146. The van der Waals surface area contributed by atoms with Gasteiger partial charge < -0.3 is 5.32 Å². The highest BCUT2D eigenvalue weighted by atomic mass is 35.5. The van der Waals surface area contributed by atoms with Crippen molar-refractivity contribution in [1.82, 2.24) is 10.9 Å². The molecule has 0 spiro atoms. The van der Waals surface area contributed by atoms with Gasteiger partial charge in [-0.25, -0.2) is 0 Å². The molecule has 1 aromatic carbocycles. The van der Waals surface area contributed by atoms with Crippen LogP contribution in [-0.4, -0.2) is 11.0 Å². The zero-order valence-corrected chi connectivity index (χ0v) is 15.1. The molecule has 4 aliphatic rings. The summed E-state index contributed by atoms with van der Waals surface area (Å²) in [6.07, 6.45) is 7.11. The molecule has 24 heavy (non-hydrogen) atoms. The molecule has 1 aromatic rings. The molecule has 0 atom stereocenters. The molecule has 0 unspecified atom stereocenters. The topological polar surface area (TPSA) is 53.2 Å². The predicted octanol–water partition coefficient (Wildman–Crippen LogP) is 3.87. The number of halogens is 1. The number of hydrogen-bond acceptors (Lipinski definition) is 2. The van der Waals surface area contributed by atoms with Crippen molar-refractivity contribution in [2.24, 2.45) is 23.2 Å². The molecule has 4 bridgehead atoms. The van der Waals surface area contributed by atoms with Gasteiger partial charge in [-0.05, 0) is 86.7 Å². The van der Waals surface area contributed by atoms with Gasteiger partial charge in [0.05, 0.1) is 5.41 Å². The number of amides is 1. The van der Waals surface area contributed by atoms with E-state index in [-0.39, 0.29) is 11.3 Å². The van der Waals surface area contributed by atoms with Crippen LogP contribution in [0.5, 0.6) is 0 Å². The highest BCUT2D eigenvalue weighted by Gasteiger charge is 2.54. The van der Waals surface area contributed by atoms with Gasteiger partial charge in [0, 0.05) is 10.7 Å². The summed E-state index contributed by atoms with van der Waals surface area (Å²) in [5.41, 5.74) is 6.32. The predicted molar refractivity (Wildman–Crippen MR) is 99.6 cm³/mol. The summed E-state index contributed by atoms with van der Waals surface area (Å²) in [5, 5.41) is 4.04. The number of carbonyl (C=O) groups excluding carboxylic acids is 1. The van der Waals surface area contributed by atoms with E-state index >= 15 is 0 Å². The van der Waals surface area contributed by atoms with Crippen LogP contribution in [0.15, 0.2) is 24.3 Å². The minimum atomic E-state index is -0.173. The number of nitrogens with one attached hydrogen (secondary N) is 3. The summed E-state index contributed by atoms with van der Waals surface area (Å²) < 4.78 is 0. The monoisotopic (exact) mass is 363 g/mol. The normalized spacial score (nSPS) is 33.1. The zero-order chi connectivity index (χ0) is 16.7. The standard InChI is InChI=1S/C18H22ClN3OS/c19-14-2-1-3-15(7-14)20-17(24)22-21-16(23)18-8-11-4-12(9-18)6-13(5-11)10-18/h1-3,7,11-13H,4-6,8-10H2,(H,21,23)(H2,20,22,24). The highest BCUT2D eigenvalue weighted by Crippen LogP contribution is 2.59. The summed E-state index contributed by atoms with van der Waals surface area (Å²) >= 11 is 11.2.